The van der Waals surface area contributed by atoms with Crippen molar-refractivity contribution < 1.29 is 34.6 Å². The number of rotatable bonds is 9. The Morgan fingerprint density at radius 3 is 2.60 bits per heavy atom. The lowest BCUT2D eigenvalue weighted by Gasteiger charge is -2.58. The number of hydrogen-bond donors (Lipinski definition) is 4. The van der Waals surface area contributed by atoms with Crippen LogP contribution >= 0.6 is 0 Å². The molecule has 4 aliphatic carbocycles. The molecule has 1 aromatic rings. The second-order valence-corrected chi connectivity index (χ2v) is 13.3. The zero-order valence-corrected chi connectivity index (χ0v) is 25.0. The summed E-state index contributed by atoms with van der Waals surface area (Å²) in [7, 11) is 0. The molecule has 0 radical (unpaired) electrons. The van der Waals surface area contributed by atoms with E-state index >= 15 is 0 Å². The molecule has 43 heavy (non-hydrogen) atoms. The Bertz CT molecular complexity index is 1330. The summed E-state index contributed by atoms with van der Waals surface area (Å²) in [5.41, 5.74) is 2.15. The molecule has 0 aromatic heterocycles. The Kier molecular flexibility index (Phi) is 8.70. The van der Waals surface area contributed by atoms with Gasteiger partial charge in [-0.1, -0.05) is 36.7 Å². The van der Waals surface area contributed by atoms with Gasteiger partial charge in [-0.15, -0.1) is 0 Å². The van der Waals surface area contributed by atoms with Crippen LogP contribution < -0.4 is 10.5 Å². The number of carboxylic acids is 1. The molecular formula is C32H42N3O8-. The van der Waals surface area contributed by atoms with E-state index in [1.807, 2.05) is 0 Å². The van der Waals surface area contributed by atoms with Crippen molar-refractivity contribution in [3.63, 3.8) is 0 Å². The molecule has 0 spiro atoms. The summed E-state index contributed by atoms with van der Waals surface area (Å²) >= 11 is 0. The largest absolute Gasteiger partial charge is 0.733 e. The average Bonchev–Trinajstić information content (AvgIpc) is 3.33. The standard InChI is InChI=1S/C32H42N3O8/c1-18(36)24-9-10-25-23-8-7-20-16-21(11-13-31(20,2)26(23)12-14-32(24,25)3)34-43-17-27(37)33-28(30(39)40)29(38)19-5-4-6-22(15-19)35(41)42/h4-6,15-16,23-26,28-29,38,41H,7-14,17H2,1-3H3,(H,33,37)(H,39,40)/q-1. The van der Waals surface area contributed by atoms with Crippen molar-refractivity contribution in [1.82, 2.24) is 5.32 Å². The molecule has 1 aromatic carbocycles. The summed E-state index contributed by atoms with van der Waals surface area (Å²) in [5, 5.41) is 46.4. The highest BCUT2D eigenvalue weighted by Gasteiger charge is 2.59. The lowest BCUT2D eigenvalue weighted by molar-refractivity contribution is -0.146. The minimum Gasteiger partial charge on any atom is -0.733 e. The number of oxime groups is 1. The van der Waals surface area contributed by atoms with E-state index in [9.17, 15) is 29.8 Å². The number of anilines is 1. The Hall–Kier alpha value is -3.28. The van der Waals surface area contributed by atoms with Gasteiger partial charge in [-0.2, -0.15) is 0 Å². The number of benzene rings is 1. The summed E-state index contributed by atoms with van der Waals surface area (Å²) < 4.78 is 0. The summed E-state index contributed by atoms with van der Waals surface area (Å²) in [6.07, 6.45) is 8.56. The Labute approximate surface area is 251 Å². The summed E-state index contributed by atoms with van der Waals surface area (Å²) in [5.74, 6) is 0.0920. The number of carboxylic acid groups (broad SMARTS) is 1. The molecule has 4 N–H and O–H groups in total. The number of ketones is 1. The van der Waals surface area contributed by atoms with Crippen molar-refractivity contribution in [2.45, 2.75) is 84.3 Å². The molecule has 4 aliphatic rings. The average molecular weight is 597 g/mol. The number of nitrogens with zero attached hydrogens (tertiary/aromatic N) is 2. The van der Waals surface area contributed by atoms with Gasteiger partial charge in [0.1, 0.15) is 11.9 Å². The van der Waals surface area contributed by atoms with E-state index in [-0.39, 0.29) is 28.0 Å². The number of carbonyl (C=O) groups is 3. The number of amides is 1. The van der Waals surface area contributed by atoms with Crippen molar-refractivity contribution in [3.05, 3.63) is 46.7 Å². The minimum absolute atomic E-state index is 0.0297. The van der Waals surface area contributed by atoms with Gasteiger partial charge < -0.3 is 30.8 Å². The minimum atomic E-state index is -1.71. The van der Waals surface area contributed by atoms with Crippen LogP contribution in [0.3, 0.4) is 0 Å². The van der Waals surface area contributed by atoms with Gasteiger partial charge in [-0.3, -0.25) is 14.8 Å². The second-order valence-electron chi connectivity index (χ2n) is 13.3. The van der Waals surface area contributed by atoms with E-state index in [4.69, 9.17) is 10.0 Å². The van der Waals surface area contributed by atoms with E-state index in [0.29, 0.717) is 30.0 Å². The van der Waals surface area contributed by atoms with Crippen molar-refractivity contribution >= 4 is 29.1 Å². The van der Waals surface area contributed by atoms with Crippen LogP contribution in [0.1, 0.15) is 83.8 Å². The van der Waals surface area contributed by atoms with Gasteiger partial charge in [0, 0.05) is 5.92 Å². The molecular weight excluding hydrogens is 554 g/mol. The highest BCUT2D eigenvalue weighted by atomic mass is 16.8. The summed E-state index contributed by atoms with van der Waals surface area (Å²) in [6.45, 7) is 5.96. The second kappa shape index (κ2) is 12.0. The third-order valence-corrected chi connectivity index (χ3v) is 11.2. The first-order valence-corrected chi connectivity index (χ1v) is 15.2. The van der Waals surface area contributed by atoms with Crippen LogP contribution in [0.25, 0.3) is 0 Å². The fourth-order valence-corrected chi connectivity index (χ4v) is 9.00. The van der Waals surface area contributed by atoms with E-state index in [1.54, 1.807) is 6.92 Å². The molecule has 3 fully saturated rings. The van der Waals surface area contributed by atoms with Gasteiger partial charge >= 0.3 is 5.97 Å². The number of hydrogen-bond acceptors (Lipinski definition) is 9. The van der Waals surface area contributed by atoms with Crippen molar-refractivity contribution in [3.8, 4) is 0 Å². The maximum Gasteiger partial charge on any atom is 0.329 e. The predicted molar refractivity (Wildman–Crippen MR) is 158 cm³/mol. The molecule has 3 saturated carbocycles. The molecule has 11 heteroatoms. The number of carbonyl (C=O) groups excluding carboxylic acids is 2. The smallest absolute Gasteiger partial charge is 0.329 e. The topological polar surface area (TPSA) is 172 Å². The third-order valence-electron chi connectivity index (χ3n) is 11.2. The van der Waals surface area contributed by atoms with Crippen molar-refractivity contribution in [2.24, 2.45) is 39.7 Å². The zero-order valence-electron chi connectivity index (χ0n) is 25.0. The maximum atomic E-state index is 12.5. The number of aliphatic hydroxyl groups is 1. The Balaban J connectivity index is 1.20. The van der Waals surface area contributed by atoms with Gasteiger partial charge in [-0.25, -0.2) is 4.79 Å². The molecule has 0 saturated heterocycles. The molecule has 1 amide bonds. The van der Waals surface area contributed by atoms with Crippen LogP contribution in [-0.4, -0.2) is 51.4 Å². The Morgan fingerprint density at radius 1 is 1.14 bits per heavy atom. The highest BCUT2D eigenvalue weighted by Crippen LogP contribution is 2.66. The highest BCUT2D eigenvalue weighted by molar-refractivity contribution is 5.96. The van der Waals surface area contributed by atoms with E-state index in [2.05, 4.69) is 30.4 Å². The number of Topliss-reactive ketones (excluding diaryl/α,β-unsaturated/α-hetero) is 1. The first kappa shape index (κ1) is 31.2. The van der Waals surface area contributed by atoms with E-state index < -0.39 is 35.9 Å². The Morgan fingerprint density at radius 2 is 1.91 bits per heavy atom. The number of fused-ring (bicyclic) bond motifs is 5. The van der Waals surface area contributed by atoms with Gasteiger partial charge in [0.25, 0.3) is 5.91 Å². The lowest BCUT2D eigenvalue weighted by Crippen LogP contribution is -2.51. The van der Waals surface area contributed by atoms with Crippen LogP contribution in [0.15, 0.2) is 41.1 Å². The number of aliphatic carboxylic acids is 1. The van der Waals surface area contributed by atoms with Crippen LogP contribution in [0.2, 0.25) is 0 Å². The van der Waals surface area contributed by atoms with Crippen LogP contribution in [0, 0.1) is 39.7 Å². The van der Waals surface area contributed by atoms with Gasteiger partial charge in [0.15, 0.2) is 12.6 Å². The number of nitrogens with one attached hydrogen (secondary N) is 1. The van der Waals surface area contributed by atoms with Crippen LogP contribution in [0.4, 0.5) is 5.69 Å². The number of allylic oxidation sites excluding steroid dienone is 2. The van der Waals surface area contributed by atoms with E-state index in [1.165, 1.54) is 23.8 Å². The molecule has 8 unspecified atom stereocenters. The molecule has 8 atom stereocenters. The quantitative estimate of drug-likeness (QED) is 0.299. The van der Waals surface area contributed by atoms with Gasteiger partial charge in [0.05, 0.1) is 11.4 Å². The molecule has 0 aliphatic heterocycles. The first-order valence-electron chi connectivity index (χ1n) is 15.2. The van der Waals surface area contributed by atoms with E-state index in [0.717, 1.165) is 56.7 Å². The number of aliphatic hydroxyl groups excluding tert-OH is 1. The normalized spacial score (nSPS) is 33.7. The maximum absolute atomic E-state index is 12.5. The molecule has 0 bridgehead atoms. The molecule has 11 nitrogen and oxygen atoms in total. The summed E-state index contributed by atoms with van der Waals surface area (Å²) in [6, 6.07) is 3.44. The van der Waals surface area contributed by atoms with Crippen molar-refractivity contribution in [2.75, 3.05) is 11.8 Å². The summed E-state index contributed by atoms with van der Waals surface area (Å²) in [4.78, 5) is 42.0. The van der Waals surface area contributed by atoms with Gasteiger partial charge in [0.2, 0.25) is 0 Å². The fraction of sp³-hybridized carbons (Fsp3) is 0.625. The van der Waals surface area contributed by atoms with Gasteiger partial charge in [-0.05, 0) is 111 Å². The van der Waals surface area contributed by atoms with Crippen molar-refractivity contribution in [1.29, 1.82) is 0 Å². The van der Waals surface area contributed by atoms with Crippen LogP contribution in [-0.2, 0) is 19.2 Å². The molecule has 5 rings (SSSR count). The monoisotopic (exact) mass is 596 g/mol. The molecule has 234 valence electrons. The molecule has 0 heterocycles. The first-order chi connectivity index (χ1) is 20.3. The fourth-order valence-electron chi connectivity index (χ4n) is 9.00. The lowest BCUT2D eigenvalue weighted by atomic mass is 9.46. The SMILES string of the molecule is CC(=O)C1CCC2C3CCC4=CC(=NOCC(=O)NC(C(=O)O)C(O)c5cccc(N([O-])O)c5)CCC4(C)C3CCC12C. The van der Waals surface area contributed by atoms with Crippen LogP contribution in [0.5, 0.6) is 0 Å². The predicted octanol–water partition coefficient (Wildman–Crippen LogP) is 4.52. The third kappa shape index (κ3) is 5.82. The zero-order chi connectivity index (χ0) is 31.1.